The highest BCUT2D eigenvalue weighted by molar-refractivity contribution is 5.98. The van der Waals surface area contributed by atoms with Crippen LogP contribution in [0.5, 0.6) is 5.75 Å². The van der Waals surface area contributed by atoms with Crippen molar-refractivity contribution in [2.75, 3.05) is 0 Å². The van der Waals surface area contributed by atoms with E-state index in [1.54, 1.807) is 60.7 Å². The fraction of sp³-hybridized carbons (Fsp3) is 0. The number of carbonyl (C=O) groups excluding carboxylic acids is 1. The Morgan fingerprint density at radius 2 is 1.46 bits per heavy atom. The van der Waals surface area contributed by atoms with Crippen molar-refractivity contribution in [1.29, 1.82) is 0 Å². The summed E-state index contributed by atoms with van der Waals surface area (Å²) in [5, 5.41) is 10.8. The zero-order valence-corrected chi connectivity index (χ0v) is 12.6. The number of non-ortho nitro benzene ring substituents is 1. The zero-order chi connectivity index (χ0) is 16.9. The van der Waals surface area contributed by atoms with Crippen LogP contribution in [0.2, 0.25) is 0 Å². The van der Waals surface area contributed by atoms with Crippen molar-refractivity contribution in [2.45, 2.75) is 0 Å². The Morgan fingerprint density at radius 3 is 2.12 bits per heavy atom. The van der Waals surface area contributed by atoms with Crippen LogP contribution in [-0.4, -0.2) is 10.9 Å². The molecule has 0 N–H and O–H groups in total. The molecule has 0 aliphatic carbocycles. The summed E-state index contributed by atoms with van der Waals surface area (Å²) in [5.41, 5.74) is 1.77. The van der Waals surface area contributed by atoms with E-state index in [4.69, 9.17) is 4.74 Å². The third-order valence-electron chi connectivity index (χ3n) is 3.49. The van der Waals surface area contributed by atoms with Crippen LogP contribution in [0, 0.1) is 10.1 Å². The zero-order valence-electron chi connectivity index (χ0n) is 12.6. The number of hydrogen-bond acceptors (Lipinski definition) is 4. The molecule has 0 aromatic heterocycles. The van der Waals surface area contributed by atoms with E-state index in [1.165, 1.54) is 12.1 Å². The summed E-state index contributed by atoms with van der Waals surface area (Å²) in [6, 6.07) is 21.9. The van der Waals surface area contributed by atoms with Crippen molar-refractivity contribution in [1.82, 2.24) is 0 Å². The topological polar surface area (TPSA) is 69.4 Å². The van der Waals surface area contributed by atoms with E-state index in [1.807, 2.05) is 6.07 Å². The second-order valence-corrected chi connectivity index (χ2v) is 5.05. The number of nitrogens with zero attached hydrogens (tertiary/aromatic N) is 1. The molecular formula is C19H13NO4. The summed E-state index contributed by atoms with van der Waals surface area (Å²) in [5.74, 6) is -0.0174. The molecule has 0 saturated heterocycles. The van der Waals surface area contributed by atoms with Gasteiger partial charge in [0.25, 0.3) is 5.69 Å². The summed E-state index contributed by atoms with van der Waals surface area (Å²) in [7, 11) is 0. The van der Waals surface area contributed by atoms with Crippen molar-refractivity contribution in [2.24, 2.45) is 0 Å². The molecule has 0 unspecified atom stereocenters. The van der Waals surface area contributed by atoms with Gasteiger partial charge in [0.15, 0.2) is 0 Å². The summed E-state index contributed by atoms with van der Waals surface area (Å²) in [6.07, 6.45) is 0. The van der Waals surface area contributed by atoms with Crippen molar-refractivity contribution < 1.29 is 14.5 Å². The SMILES string of the molecule is O=C(Oc1ccccc1)c1ccccc1-c1ccc([N+](=O)[O-])cc1. The van der Waals surface area contributed by atoms with Crippen molar-refractivity contribution in [3.05, 3.63) is 94.5 Å². The Morgan fingerprint density at radius 1 is 0.833 bits per heavy atom. The average molecular weight is 319 g/mol. The van der Waals surface area contributed by atoms with Gasteiger partial charge in [-0.15, -0.1) is 0 Å². The standard InChI is InChI=1S/C19H13NO4/c21-19(24-16-6-2-1-3-7-16)18-9-5-4-8-17(18)14-10-12-15(13-11-14)20(22)23/h1-13H. The maximum absolute atomic E-state index is 12.5. The average Bonchev–Trinajstić information content (AvgIpc) is 2.62. The van der Waals surface area contributed by atoms with Crippen LogP contribution in [0.15, 0.2) is 78.9 Å². The van der Waals surface area contributed by atoms with Crippen LogP contribution in [0.4, 0.5) is 5.69 Å². The Labute approximate surface area is 138 Å². The van der Waals surface area contributed by atoms with Gasteiger partial charge < -0.3 is 4.74 Å². The monoisotopic (exact) mass is 319 g/mol. The van der Waals surface area contributed by atoms with Gasteiger partial charge in [0.05, 0.1) is 10.5 Å². The fourth-order valence-electron chi connectivity index (χ4n) is 2.33. The predicted octanol–water partition coefficient (Wildman–Crippen LogP) is 4.48. The minimum absolute atomic E-state index is 0.00286. The highest BCUT2D eigenvalue weighted by Crippen LogP contribution is 2.26. The first-order chi connectivity index (χ1) is 11.6. The van der Waals surface area contributed by atoms with E-state index in [-0.39, 0.29) is 5.69 Å². The van der Waals surface area contributed by atoms with E-state index in [2.05, 4.69) is 0 Å². The number of ether oxygens (including phenoxy) is 1. The van der Waals surface area contributed by atoms with Gasteiger partial charge in [0.1, 0.15) is 5.75 Å². The van der Waals surface area contributed by atoms with Crippen LogP contribution < -0.4 is 4.74 Å². The molecule has 5 heteroatoms. The number of nitro groups is 1. The number of para-hydroxylation sites is 1. The first kappa shape index (κ1) is 15.4. The molecule has 0 amide bonds. The van der Waals surface area contributed by atoms with Crippen molar-refractivity contribution in [3.63, 3.8) is 0 Å². The molecule has 0 aliphatic rings. The number of carbonyl (C=O) groups is 1. The lowest BCUT2D eigenvalue weighted by molar-refractivity contribution is -0.384. The molecular weight excluding hydrogens is 306 g/mol. The van der Waals surface area contributed by atoms with Crippen LogP contribution in [0.1, 0.15) is 10.4 Å². The third-order valence-corrected chi connectivity index (χ3v) is 3.49. The molecule has 5 nitrogen and oxygen atoms in total. The van der Waals surface area contributed by atoms with E-state index < -0.39 is 10.9 Å². The quantitative estimate of drug-likeness (QED) is 0.308. The molecule has 0 bridgehead atoms. The molecule has 0 spiro atoms. The van der Waals surface area contributed by atoms with Gasteiger partial charge >= 0.3 is 5.97 Å². The fourth-order valence-corrected chi connectivity index (χ4v) is 2.33. The molecule has 24 heavy (non-hydrogen) atoms. The van der Waals surface area contributed by atoms with Crippen molar-refractivity contribution >= 4 is 11.7 Å². The Hall–Kier alpha value is -3.47. The first-order valence-electron chi connectivity index (χ1n) is 7.26. The van der Waals surface area contributed by atoms with E-state index in [0.29, 0.717) is 22.4 Å². The number of benzene rings is 3. The lowest BCUT2D eigenvalue weighted by atomic mass is 9.99. The highest BCUT2D eigenvalue weighted by Gasteiger charge is 2.15. The largest absolute Gasteiger partial charge is 0.423 e. The molecule has 0 aliphatic heterocycles. The number of esters is 1. The molecule has 118 valence electrons. The minimum Gasteiger partial charge on any atom is -0.423 e. The van der Waals surface area contributed by atoms with Crippen LogP contribution in [-0.2, 0) is 0 Å². The van der Waals surface area contributed by atoms with Gasteiger partial charge in [-0.3, -0.25) is 10.1 Å². The summed E-state index contributed by atoms with van der Waals surface area (Å²) >= 11 is 0. The number of nitro benzene ring substituents is 1. The van der Waals surface area contributed by atoms with Gasteiger partial charge in [-0.2, -0.15) is 0 Å². The lowest BCUT2D eigenvalue weighted by Crippen LogP contribution is -2.09. The molecule has 0 heterocycles. The van der Waals surface area contributed by atoms with Crippen molar-refractivity contribution in [3.8, 4) is 16.9 Å². The number of hydrogen-bond donors (Lipinski definition) is 0. The summed E-state index contributed by atoms with van der Waals surface area (Å²) < 4.78 is 5.38. The maximum Gasteiger partial charge on any atom is 0.344 e. The lowest BCUT2D eigenvalue weighted by Gasteiger charge is -2.09. The highest BCUT2D eigenvalue weighted by atomic mass is 16.6. The van der Waals surface area contributed by atoms with Gasteiger partial charge in [0, 0.05) is 12.1 Å². The number of rotatable bonds is 4. The Balaban J connectivity index is 1.93. The van der Waals surface area contributed by atoms with Crippen LogP contribution in [0.25, 0.3) is 11.1 Å². The molecule has 3 rings (SSSR count). The first-order valence-corrected chi connectivity index (χ1v) is 7.26. The Bertz CT molecular complexity index is 873. The Kier molecular flexibility index (Phi) is 4.34. The predicted molar refractivity (Wildman–Crippen MR) is 89.9 cm³/mol. The van der Waals surface area contributed by atoms with Gasteiger partial charge in [-0.05, 0) is 41.5 Å². The second-order valence-electron chi connectivity index (χ2n) is 5.05. The van der Waals surface area contributed by atoms with Gasteiger partial charge in [-0.25, -0.2) is 4.79 Å². The minimum atomic E-state index is -0.477. The van der Waals surface area contributed by atoms with E-state index in [9.17, 15) is 14.9 Å². The van der Waals surface area contributed by atoms with Crippen LogP contribution >= 0.6 is 0 Å². The molecule has 0 radical (unpaired) electrons. The normalized spacial score (nSPS) is 10.2. The molecule has 3 aromatic rings. The van der Waals surface area contributed by atoms with Gasteiger partial charge in [0.2, 0.25) is 0 Å². The van der Waals surface area contributed by atoms with E-state index in [0.717, 1.165) is 0 Å². The molecule has 0 fully saturated rings. The third kappa shape index (κ3) is 3.30. The van der Waals surface area contributed by atoms with Crippen LogP contribution in [0.3, 0.4) is 0 Å². The smallest absolute Gasteiger partial charge is 0.344 e. The second kappa shape index (κ2) is 6.75. The van der Waals surface area contributed by atoms with E-state index >= 15 is 0 Å². The van der Waals surface area contributed by atoms with Gasteiger partial charge in [-0.1, -0.05) is 36.4 Å². The summed E-state index contributed by atoms with van der Waals surface area (Å²) in [4.78, 5) is 22.8. The molecule has 3 aromatic carbocycles. The molecule has 0 atom stereocenters. The summed E-state index contributed by atoms with van der Waals surface area (Å²) in [6.45, 7) is 0. The molecule has 0 saturated carbocycles. The maximum atomic E-state index is 12.5.